The lowest BCUT2D eigenvalue weighted by molar-refractivity contribution is 0.0559. The molecule has 0 aromatic rings. The minimum atomic E-state index is -0.544. The van der Waals surface area contributed by atoms with Crippen LogP contribution < -0.4 is 0 Å². The number of hydrogen-bond donors (Lipinski definition) is 2. The Kier molecular flexibility index (Phi) is 23.8. The highest BCUT2D eigenvalue weighted by molar-refractivity contribution is 7.80. The molecule has 0 aromatic heterocycles. The molecule has 0 fully saturated rings. The van der Waals surface area contributed by atoms with Gasteiger partial charge < -0.3 is 9.84 Å². The number of hydrogen-bond acceptors (Lipinski definition) is 3. The fourth-order valence-corrected chi connectivity index (χ4v) is 4.02. The van der Waals surface area contributed by atoms with E-state index in [-0.39, 0.29) is 5.92 Å². The van der Waals surface area contributed by atoms with Crippen LogP contribution in [0.15, 0.2) is 0 Å². The lowest BCUT2D eigenvalue weighted by Crippen LogP contribution is -2.21. The second kappa shape index (κ2) is 23.5. The fraction of sp³-hybridized carbons (Fsp3) is 1.00. The van der Waals surface area contributed by atoms with Crippen molar-refractivity contribution in [3.63, 3.8) is 0 Å². The van der Waals surface area contributed by atoms with Crippen molar-refractivity contribution in [1.29, 1.82) is 0 Å². The van der Waals surface area contributed by atoms with Gasteiger partial charge in [-0.2, -0.15) is 0 Å². The number of aliphatic hydroxyl groups excluding tert-OH is 1. The van der Waals surface area contributed by atoms with Crippen molar-refractivity contribution < 1.29 is 9.84 Å². The second-order valence-electron chi connectivity index (χ2n) is 8.69. The van der Waals surface area contributed by atoms with Crippen molar-refractivity contribution in [2.24, 2.45) is 5.92 Å². The van der Waals surface area contributed by atoms with Crippen LogP contribution in [0.1, 0.15) is 136 Å². The molecule has 2 nitrogen and oxygen atoms in total. The summed E-state index contributed by atoms with van der Waals surface area (Å²) < 4.78 is 5.84. The Morgan fingerprint density at radius 2 is 1.00 bits per heavy atom. The van der Waals surface area contributed by atoms with Gasteiger partial charge in [0.2, 0.25) is 0 Å². The molecule has 0 spiro atoms. The summed E-state index contributed by atoms with van der Waals surface area (Å²) in [4.78, 5) is 0. The van der Waals surface area contributed by atoms with E-state index in [1.807, 2.05) is 0 Å². The molecule has 0 radical (unpaired) electrons. The number of ether oxygens (including phenoxy) is 1. The molecule has 170 valence electrons. The van der Waals surface area contributed by atoms with E-state index in [2.05, 4.69) is 26.5 Å². The zero-order chi connectivity index (χ0) is 20.7. The number of rotatable bonds is 23. The van der Waals surface area contributed by atoms with Crippen molar-refractivity contribution in [3.05, 3.63) is 0 Å². The van der Waals surface area contributed by atoms with Crippen LogP contribution in [0.5, 0.6) is 0 Å². The molecule has 0 aliphatic heterocycles. The van der Waals surface area contributed by atoms with E-state index in [0.29, 0.717) is 6.61 Å². The van der Waals surface area contributed by atoms with Crippen LogP contribution in [-0.4, -0.2) is 23.8 Å². The van der Waals surface area contributed by atoms with E-state index in [9.17, 15) is 5.11 Å². The van der Waals surface area contributed by atoms with Crippen LogP contribution in [0.3, 0.4) is 0 Å². The van der Waals surface area contributed by atoms with Gasteiger partial charge in [0, 0.05) is 12.5 Å². The van der Waals surface area contributed by atoms with Crippen molar-refractivity contribution in [2.75, 3.05) is 13.2 Å². The molecule has 0 bridgehead atoms. The highest BCUT2D eigenvalue weighted by Gasteiger charge is 2.15. The highest BCUT2D eigenvalue weighted by Crippen LogP contribution is 2.19. The summed E-state index contributed by atoms with van der Waals surface area (Å²) >= 11 is 4.26. The predicted octanol–water partition coefficient (Wildman–Crippen LogP) is 8.32. The van der Waals surface area contributed by atoms with Crippen LogP contribution in [0.4, 0.5) is 0 Å². The molecule has 0 aliphatic rings. The number of aliphatic hydroxyl groups is 1. The molecule has 0 rings (SSSR count). The fourth-order valence-electron chi connectivity index (χ4n) is 3.79. The summed E-state index contributed by atoms with van der Waals surface area (Å²) in [7, 11) is 0. The van der Waals surface area contributed by atoms with E-state index in [4.69, 9.17) is 4.74 Å². The van der Waals surface area contributed by atoms with Crippen molar-refractivity contribution in [1.82, 2.24) is 0 Å². The van der Waals surface area contributed by atoms with Gasteiger partial charge in [-0.3, -0.25) is 0 Å². The Balaban J connectivity index is 3.42. The minimum Gasteiger partial charge on any atom is -0.382 e. The quantitative estimate of drug-likeness (QED) is 0.0995. The van der Waals surface area contributed by atoms with Crippen LogP contribution in [0.25, 0.3) is 0 Å². The van der Waals surface area contributed by atoms with Gasteiger partial charge in [-0.25, -0.2) is 0 Å². The first-order valence-corrected chi connectivity index (χ1v) is 13.2. The lowest BCUT2D eigenvalue weighted by atomic mass is 10.0. The SMILES string of the molecule is CCCCCCCCCCCCOCC(CCCCCCCCCC)C(O)S. The summed E-state index contributed by atoms with van der Waals surface area (Å²) in [6.45, 7) is 6.04. The summed E-state index contributed by atoms with van der Waals surface area (Å²) in [5, 5.41) is 9.87. The van der Waals surface area contributed by atoms with Crippen molar-refractivity contribution >= 4 is 12.6 Å². The Labute approximate surface area is 183 Å². The van der Waals surface area contributed by atoms with E-state index in [1.165, 1.54) is 109 Å². The standard InChI is InChI=1S/C25H52O2S/c1-3-5-7-9-11-13-14-16-18-20-22-27-23-24(25(26)28)21-19-17-15-12-10-8-6-4-2/h24-26,28H,3-23H2,1-2H3. The van der Waals surface area contributed by atoms with Gasteiger partial charge in [0.15, 0.2) is 0 Å². The van der Waals surface area contributed by atoms with Gasteiger partial charge in [-0.1, -0.05) is 123 Å². The molecule has 1 N–H and O–H groups in total. The molecular weight excluding hydrogens is 364 g/mol. The molecule has 0 aromatic carbocycles. The van der Waals surface area contributed by atoms with Gasteiger partial charge in [0.1, 0.15) is 5.44 Å². The molecule has 3 heteroatoms. The molecule has 2 unspecified atom stereocenters. The maximum Gasteiger partial charge on any atom is 0.101 e. The zero-order valence-corrected chi connectivity index (χ0v) is 20.2. The van der Waals surface area contributed by atoms with Crippen molar-refractivity contribution in [2.45, 2.75) is 141 Å². The Hall–Kier alpha value is 0.270. The average molecular weight is 417 g/mol. The van der Waals surface area contributed by atoms with Gasteiger partial charge in [-0.15, -0.1) is 12.6 Å². The summed E-state index contributed by atoms with van der Waals surface area (Å²) in [6.07, 6.45) is 25.2. The molecular formula is C25H52O2S. The molecule has 2 atom stereocenters. The third-order valence-corrected chi connectivity index (χ3v) is 6.25. The normalized spacial score (nSPS) is 13.7. The van der Waals surface area contributed by atoms with Gasteiger partial charge >= 0.3 is 0 Å². The Bertz CT molecular complexity index is 284. The van der Waals surface area contributed by atoms with Crippen LogP contribution >= 0.6 is 12.6 Å². The maximum absolute atomic E-state index is 9.87. The Morgan fingerprint density at radius 1 is 0.607 bits per heavy atom. The summed E-state index contributed by atoms with van der Waals surface area (Å²) in [5.74, 6) is 0.187. The average Bonchev–Trinajstić information content (AvgIpc) is 2.68. The first-order valence-electron chi connectivity index (χ1n) is 12.7. The van der Waals surface area contributed by atoms with Gasteiger partial charge in [0.25, 0.3) is 0 Å². The molecule has 28 heavy (non-hydrogen) atoms. The molecule has 0 heterocycles. The zero-order valence-electron chi connectivity index (χ0n) is 19.3. The summed E-state index contributed by atoms with van der Waals surface area (Å²) in [6, 6.07) is 0. The van der Waals surface area contributed by atoms with Gasteiger partial charge in [0.05, 0.1) is 6.61 Å². The Morgan fingerprint density at radius 3 is 1.43 bits per heavy atom. The predicted molar refractivity (Wildman–Crippen MR) is 128 cm³/mol. The molecule has 0 amide bonds. The monoisotopic (exact) mass is 416 g/mol. The maximum atomic E-state index is 9.87. The molecule has 0 aliphatic carbocycles. The van der Waals surface area contributed by atoms with Crippen LogP contribution in [-0.2, 0) is 4.74 Å². The van der Waals surface area contributed by atoms with Crippen molar-refractivity contribution in [3.8, 4) is 0 Å². The second-order valence-corrected chi connectivity index (χ2v) is 9.22. The van der Waals surface area contributed by atoms with E-state index < -0.39 is 5.44 Å². The van der Waals surface area contributed by atoms with Crippen LogP contribution in [0, 0.1) is 5.92 Å². The van der Waals surface area contributed by atoms with E-state index in [0.717, 1.165) is 19.4 Å². The third kappa shape index (κ3) is 21.0. The first-order chi connectivity index (χ1) is 13.7. The number of thiol groups is 1. The largest absolute Gasteiger partial charge is 0.382 e. The third-order valence-electron chi connectivity index (χ3n) is 5.82. The topological polar surface area (TPSA) is 29.5 Å². The minimum absolute atomic E-state index is 0.187. The molecule has 0 saturated heterocycles. The summed E-state index contributed by atoms with van der Waals surface area (Å²) in [5.41, 5.74) is -0.544. The van der Waals surface area contributed by atoms with E-state index in [1.54, 1.807) is 0 Å². The molecule has 0 saturated carbocycles. The highest BCUT2D eigenvalue weighted by atomic mass is 32.1. The van der Waals surface area contributed by atoms with E-state index >= 15 is 0 Å². The van der Waals surface area contributed by atoms with Gasteiger partial charge in [-0.05, 0) is 12.8 Å². The smallest absolute Gasteiger partial charge is 0.101 e. The van der Waals surface area contributed by atoms with Crippen LogP contribution in [0.2, 0.25) is 0 Å². The lowest BCUT2D eigenvalue weighted by Gasteiger charge is -2.19. The number of unbranched alkanes of at least 4 members (excludes halogenated alkanes) is 16. The first kappa shape index (κ1) is 28.3.